The van der Waals surface area contributed by atoms with E-state index in [0.717, 1.165) is 74.1 Å². The molecular weight excluding hydrogens is 314 g/mol. The van der Waals surface area contributed by atoms with Crippen molar-refractivity contribution < 1.29 is 9.90 Å². The number of rotatable bonds is 3. The zero-order chi connectivity index (χ0) is 17.2. The van der Waals surface area contributed by atoms with Gasteiger partial charge in [-0.25, -0.2) is 4.98 Å². The normalized spacial score (nSPS) is 18.9. The van der Waals surface area contributed by atoms with Crippen LogP contribution in [0.2, 0.25) is 0 Å². The number of hydrogen-bond donors (Lipinski definition) is 1. The van der Waals surface area contributed by atoms with Gasteiger partial charge in [-0.1, -0.05) is 18.2 Å². The molecular formula is C20H25N3O2. The molecule has 1 amide bonds. The van der Waals surface area contributed by atoms with Crippen LogP contribution in [0.1, 0.15) is 36.0 Å². The number of aliphatic hydroxyl groups excluding tert-OH is 1. The number of aliphatic hydroxyl groups is 1. The Morgan fingerprint density at radius 2 is 1.84 bits per heavy atom. The molecule has 5 heteroatoms. The van der Waals surface area contributed by atoms with E-state index < -0.39 is 0 Å². The van der Waals surface area contributed by atoms with Crippen LogP contribution in [0, 0.1) is 5.92 Å². The van der Waals surface area contributed by atoms with Crippen molar-refractivity contribution in [3.05, 3.63) is 35.9 Å². The molecule has 0 spiro atoms. The molecule has 2 aliphatic rings. The molecule has 0 saturated carbocycles. The summed E-state index contributed by atoms with van der Waals surface area (Å²) in [5, 5.41) is 10.3. The lowest BCUT2D eigenvalue weighted by molar-refractivity contribution is 0.0651. The van der Waals surface area contributed by atoms with Gasteiger partial charge in [0.2, 0.25) is 0 Å². The quantitative estimate of drug-likeness (QED) is 0.934. The predicted octanol–water partition coefficient (Wildman–Crippen LogP) is 2.68. The monoisotopic (exact) mass is 339 g/mol. The third-order valence-electron chi connectivity index (χ3n) is 5.50. The van der Waals surface area contributed by atoms with Crippen molar-refractivity contribution in [2.75, 3.05) is 37.7 Å². The fourth-order valence-electron chi connectivity index (χ4n) is 3.92. The number of carbonyl (C=O) groups excluding carboxylic acids is 1. The van der Waals surface area contributed by atoms with Gasteiger partial charge in [-0.15, -0.1) is 0 Å². The maximum Gasteiger partial charge on any atom is 0.257 e. The van der Waals surface area contributed by atoms with Gasteiger partial charge in [0.15, 0.2) is 0 Å². The first-order valence-electron chi connectivity index (χ1n) is 9.31. The van der Waals surface area contributed by atoms with E-state index in [4.69, 9.17) is 4.98 Å². The average Bonchev–Trinajstić information content (AvgIpc) is 3.21. The summed E-state index contributed by atoms with van der Waals surface area (Å²) in [4.78, 5) is 22.2. The summed E-state index contributed by atoms with van der Waals surface area (Å²) < 4.78 is 0. The van der Waals surface area contributed by atoms with E-state index in [9.17, 15) is 9.90 Å². The zero-order valence-electron chi connectivity index (χ0n) is 14.5. The Morgan fingerprint density at radius 1 is 1.12 bits per heavy atom. The van der Waals surface area contributed by atoms with E-state index in [1.165, 1.54) is 0 Å². The molecule has 1 N–H and O–H groups in total. The summed E-state index contributed by atoms with van der Waals surface area (Å²) >= 11 is 0. The lowest BCUT2D eigenvalue weighted by Crippen LogP contribution is -2.40. The van der Waals surface area contributed by atoms with Crippen LogP contribution in [-0.2, 0) is 0 Å². The molecule has 2 aliphatic heterocycles. The number of fused-ring (bicyclic) bond motifs is 1. The van der Waals surface area contributed by atoms with E-state index in [2.05, 4.69) is 4.90 Å². The molecule has 0 aliphatic carbocycles. The molecule has 4 rings (SSSR count). The van der Waals surface area contributed by atoms with E-state index in [1.807, 2.05) is 35.2 Å². The third-order valence-corrected chi connectivity index (χ3v) is 5.50. The summed E-state index contributed by atoms with van der Waals surface area (Å²) in [6.07, 6.45) is 4.07. The van der Waals surface area contributed by atoms with Crippen LogP contribution in [0.4, 0.5) is 5.82 Å². The van der Waals surface area contributed by atoms with Crippen LogP contribution < -0.4 is 4.90 Å². The van der Waals surface area contributed by atoms with Crippen molar-refractivity contribution in [2.24, 2.45) is 5.92 Å². The lowest BCUT2D eigenvalue weighted by Gasteiger charge is -2.32. The molecule has 0 radical (unpaired) electrons. The van der Waals surface area contributed by atoms with E-state index >= 15 is 0 Å². The van der Waals surface area contributed by atoms with Gasteiger partial charge >= 0.3 is 0 Å². The van der Waals surface area contributed by atoms with Gasteiger partial charge in [-0.3, -0.25) is 4.79 Å². The van der Waals surface area contributed by atoms with E-state index in [0.29, 0.717) is 5.92 Å². The molecule has 1 aromatic carbocycles. The summed E-state index contributed by atoms with van der Waals surface area (Å²) in [7, 11) is 0. The van der Waals surface area contributed by atoms with Crippen LogP contribution in [0.25, 0.3) is 10.9 Å². The largest absolute Gasteiger partial charge is 0.396 e. The minimum Gasteiger partial charge on any atom is -0.396 e. The second-order valence-electron chi connectivity index (χ2n) is 7.16. The Balaban J connectivity index is 1.69. The number of piperidine rings is 1. The molecule has 0 unspecified atom stereocenters. The van der Waals surface area contributed by atoms with E-state index in [-0.39, 0.29) is 12.5 Å². The topological polar surface area (TPSA) is 56.7 Å². The predicted molar refractivity (Wildman–Crippen MR) is 98.9 cm³/mol. The molecule has 2 saturated heterocycles. The fraction of sp³-hybridized carbons (Fsp3) is 0.500. The minimum atomic E-state index is 0.0801. The smallest absolute Gasteiger partial charge is 0.257 e. The van der Waals surface area contributed by atoms with Crippen molar-refractivity contribution in [2.45, 2.75) is 25.7 Å². The molecule has 25 heavy (non-hydrogen) atoms. The Hall–Kier alpha value is -2.14. The van der Waals surface area contributed by atoms with Crippen molar-refractivity contribution in [1.82, 2.24) is 9.88 Å². The zero-order valence-corrected chi connectivity index (χ0v) is 14.5. The first-order valence-corrected chi connectivity index (χ1v) is 9.31. The fourth-order valence-corrected chi connectivity index (χ4v) is 3.92. The number of para-hydroxylation sites is 1. The summed E-state index contributed by atoms with van der Waals surface area (Å²) in [5.41, 5.74) is 1.67. The number of hydrogen-bond acceptors (Lipinski definition) is 4. The van der Waals surface area contributed by atoms with Crippen LogP contribution >= 0.6 is 0 Å². The highest BCUT2D eigenvalue weighted by Crippen LogP contribution is 2.29. The van der Waals surface area contributed by atoms with Crippen molar-refractivity contribution in [3.8, 4) is 0 Å². The molecule has 3 heterocycles. The van der Waals surface area contributed by atoms with Gasteiger partial charge < -0.3 is 14.9 Å². The maximum absolute atomic E-state index is 13.2. The van der Waals surface area contributed by atoms with Crippen molar-refractivity contribution >= 4 is 22.6 Å². The molecule has 2 fully saturated rings. The Labute approximate surface area is 148 Å². The van der Waals surface area contributed by atoms with Crippen LogP contribution in [0.5, 0.6) is 0 Å². The number of pyridine rings is 1. The van der Waals surface area contributed by atoms with Gasteiger partial charge in [0.25, 0.3) is 5.91 Å². The van der Waals surface area contributed by atoms with Gasteiger partial charge in [-0.05, 0) is 43.7 Å². The minimum absolute atomic E-state index is 0.0801. The van der Waals surface area contributed by atoms with Gasteiger partial charge in [0, 0.05) is 38.2 Å². The Bertz CT molecular complexity index is 763. The van der Waals surface area contributed by atoms with Crippen molar-refractivity contribution in [1.29, 1.82) is 0 Å². The van der Waals surface area contributed by atoms with Gasteiger partial charge in [0.05, 0.1) is 11.1 Å². The molecule has 5 nitrogen and oxygen atoms in total. The van der Waals surface area contributed by atoms with Crippen LogP contribution in [0.15, 0.2) is 30.3 Å². The first-order chi connectivity index (χ1) is 12.3. The molecule has 2 aromatic rings. The van der Waals surface area contributed by atoms with Crippen LogP contribution in [-0.4, -0.2) is 53.7 Å². The summed E-state index contributed by atoms with van der Waals surface area (Å²) in [6.45, 7) is 3.60. The van der Waals surface area contributed by atoms with Crippen LogP contribution in [0.3, 0.4) is 0 Å². The number of likely N-dealkylation sites (tertiary alicyclic amines) is 1. The summed E-state index contributed by atoms with van der Waals surface area (Å²) in [5.74, 6) is 1.25. The first kappa shape index (κ1) is 16.3. The molecule has 0 bridgehead atoms. The Kier molecular flexibility index (Phi) is 4.57. The molecule has 1 aromatic heterocycles. The molecule has 132 valence electrons. The number of anilines is 1. The number of nitrogens with zero attached hydrogens (tertiary/aromatic N) is 3. The number of carbonyl (C=O) groups is 1. The maximum atomic E-state index is 13.2. The second kappa shape index (κ2) is 7.00. The number of amides is 1. The lowest BCUT2D eigenvalue weighted by atomic mass is 9.97. The van der Waals surface area contributed by atoms with Gasteiger partial charge in [-0.2, -0.15) is 0 Å². The summed E-state index contributed by atoms with van der Waals surface area (Å²) in [6, 6.07) is 10.0. The SMILES string of the molecule is O=C(c1cc2ccccc2nc1N1CCCC1)N1CCC(CO)CC1. The highest BCUT2D eigenvalue weighted by atomic mass is 16.3. The highest BCUT2D eigenvalue weighted by molar-refractivity contribution is 6.02. The standard InChI is InChI=1S/C20H25N3O2/c24-14-15-7-11-23(12-8-15)20(25)17-13-16-5-1-2-6-18(16)21-19(17)22-9-3-4-10-22/h1-2,5-6,13,15,24H,3-4,7-12,14H2. The average molecular weight is 339 g/mol. The highest BCUT2D eigenvalue weighted by Gasteiger charge is 2.28. The molecule has 0 atom stereocenters. The third kappa shape index (κ3) is 3.21. The second-order valence-corrected chi connectivity index (χ2v) is 7.16. The number of benzene rings is 1. The van der Waals surface area contributed by atoms with Crippen molar-refractivity contribution in [3.63, 3.8) is 0 Å². The van der Waals surface area contributed by atoms with E-state index in [1.54, 1.807) is 0 Å². The van der Waals surface area contributed by atoms with Gasteiger partial charge in [0.1, 0.15) is 5.82 Å². The Morgan fingerprint density at radius 3 is 2.56 bits per heavy atom. The number of aromatic nitrogens is 1.